The number of ether oxygens (including phenoxy) is 2. The Bertz CT molecular complexity index is 1350. The number of imidazole rings is 1. The lowest BCUT2D eigenvalue weighted by Gasteiger charge is -2.11. The van der Waals surface area contributed by atoms with Crippen LogP contribution in [0.15, 0.2) is 55.0 Å². The van der Waals surface area contributed by atoms with Crippen molar-refractivity contribution in [3.8, 4) is 17.0 Å². The Hall–Kier alpha value is -3.44. The van der Waals surface area contributed by atoms with Crippen molar-refractivity contribution in [1.29, 1.82) is 0 Å². The average Bonchev–Trinajstić information content (AvgIpc) is 3.29. The van der Waals surface area contributed by atoms with Gasteiger partial charge < -0.3 is 25.8 Å². The fourth-order valence-electron chi connectivity index (χ4n) is 3.48. The summed E-state index contributed by atoms with van der Waals surface area (Å²) in [4.78, 5) is 21.2. The van der Waals surface area contributed by atoms with Gasteiger partial charge in [0.05, 0.1) is 42.8 Å². The highest BCUT2D eigenvalue weighted by atomic mass is 35.5. The smallest absolute Gasteiger partial charge is 0.252 e. The minimum absolute atomic E-state index is 0. The first-order valence-electron chi connectivity index (χ1n) is 10.8. The first-order valence-corrected chi connectivity index (χ1v) is 11.2. The van der Waals surface area contributed by atoms with Gasteiger partial charge in [-0.15, -0.1) is 12.4 Å². The maximum Gasteiger partial charge on any atom is 0.252 e. The number of hydrogen-bond donors (Lipinski definition) is 3. The highest BCUT2D eigenvalue weighted by Crippen LogP contribution is 2.29. The number of carbonyl (C=O) groups excluding carboxylic acids is 1. The molecule has 0 fully saturated rings. The maximum absolute atomic E-state index is 14.2. The molecule has 9 nitrogen and oxygen atoms in total. The van der Waals surface area contributed by atoms with Crippen LogP contribution in [-0.4, -0.2) is 53.7 Å². The molecule has 2 heterocycles. The summed E-state index contributed by atoms with van der Waals surface area (Å²) < 4.78 is 26.3. The van der Waals surface area contributed by atoms with Crippen LogP contribution in [0.2, 0.25) is 5.02 Å². The molecule has 12 heteroatoms. The molecule has 2 aromatic heterocycles. The Morgan fingerprint density at radius 3 is 2.75 bits per heavy atom. The SMILES string of the molecule is COc1ccc(-c2cnc3c(Nc4ccc(C(=O)NCCOCCN)c(Cl)c4)nccn23)cc1F.Cl. The topological polar surface area (TPSA) is 116 Å². The van der Waals surface area contributed by atoms with Gasteiger partial charge >= 0.3 is 0 Å². The number of halogens is 3. The molecule has 0 aliphatic rings. The zero-order valence-electron chi connectivity index (χ0n) is 19.3. The van der Waals surface area contributed by atoms with Gasteiger partial charge in [0.1, 0.15) is 0 Å². The lowest BCUT2D eigenvalue weighted by molar-refractivity contribution is 0.0920. The van der Waals surface area contributed by atoms with Crippen molar-refractivity contribution in [3.63, 3.8) is 0 Å². The molecule has 0 bridgehead atoms. The summed E-state index contributed by atoms with van der Waals surface area (Å²) in [6.45, 7) is 1.58. The van der Waals surface area contributed by atoms with Gasteiger partial charge in [-0.2, -0.15) is 0 Å². The molecule has 1 amide bonds. The molecule has 190 valence electrons. The summed E-state index contributed by atoms with van der Waals surface area (Å²) >= 11 is 6.36. The van der Waals surface area contributed by atoms with Gasteiger partial charge in [-0.25, -0.2) is 14.4 Å². The largest absolute Gasteiger partial charge is 0.494 e. The number of amides is 1. The minimum Gasteiger partial charge on any atom is -0.494 e. The van der Waals surface area contributed by atoms with Crippen LogP contribution < -0.4 is 21.1 Å². The van der Waals surface area contributed by atoms with Crippen LogP contribution in [0.4, 0.5) is 15.9 Å². The first kappa shape index (κ1) is 27.2. The molecule has 0 saturated heterocycles. The summed E-state index contributed by atoms with van der Waals surface area (Å²) in [5.74, 6) is -0.129. The van der Waals surface area contributed by atoms with E-state index in [1.165, 1.54) is 13.2 Å². The molecule has 0 aliphatic heterocycles. The summed E-state index contributed by atoms with van der Waals surface area (Å²) in [7, 11) is 1.42. The highest BCUT2D eigenvalue weighted by molar-refractivity contribution is 6.34. The number of aromatic nitrogens is 3. The van der Waals surface area contributed by atoms with Crippen LogP contribution in [0.25, 0.3) is 16.9 Å². The van der Waals surface area contributed by atoms with Gasteiger partial charge in [-0.1, -0.05) is 11.6 Å². The number of carbonyl (C=O) groups is 1. The predicted molar refractivity (Wildman–Crippen MR) is 139 cm³/mol. The zero-order chi connectivity index (χ0) is 24.8. The Balaban J connectivity index is 0.00000361. The van der Waals surface area contributed by atoms with Gasteiger partial charge in [0, 0.05) is 36.7 Å². The Kier molecular flexibility index (Phi) is 9.43. The van der Waals surface area contributed by atoms with Crippen molar-refractivity contribution in [2.45, 2.75) is 0 Å². The van der Waals surface area contributed by atoms with Gasteiger partial charge in [-0.3, -0.25) is 9.20 Å². The monoisotopic (exact) mass is 534 g/mol. The minimum atomic E-state index is -0.464. The molecule has 0 atom stereocenters. The number of nitrogens with two attached hydrogens (primary N) is 1. The van der Waals surface area contributed by atoms with E-state index in [1.807, 2.05) is 0 Å². The van der Waals surface area contributed by atoms with Crippen molar-refractivity contribution in [2.24, 2.45) is 5.73 Å². The number of methoxy groups -OCH3 is 1. The molecule has 0 unspecified atom stereocenters. The summed E-state index contributed by atoms with van der Waals surface area (Å²) in [6, 6.07) is 9.70. The quantitative estimate of drug-likeness (QED) is 0.262. The standard InChI is InChI=1S/C24H24ClFN6O3.ClH/c1-34-21-5-2-15(12-19(21)26)20-14-30-23-22(28-7-9-32(20)23)31-16-3-4-17(18(25)13-16)24(33)29-8-11-35-10-6-27;/h2-5,7,9,12-14H,6,8,10-11,27H2,1H3,(H,28,31)(H,29,33);1H. The second kappa shape index (κ2) is 12.5. The number of rotatable bonds is 10. The summed E-state index contributed by atoms with van der Waals surface area (Å²) in [6.07, 6.45) is 4.99. The Labute approximate surface area is 218 Å². The molecule has 4 N–H and O–H groups in total. The first-order chi connectivity index (χ1) is 17.0. The van der Waals surface area contributed by atoms with Crippen LogP contribution in [0.1, 0.15) is 10.4 Å². The van der Waals surface area contributed by atoms with Crippen molar-refractivity contribution in [2.75, 3.05) is 38.7 Å². The number of fused-ring (bicyclic) bond motifs is 1. The van der Waals surface area contributed by atoms with Gasteiger partial charge in [0.2, 0.25) is 0 Å². The lowest BCUT2D eigenvalue weighted by atomic mass is 10.1. The molecule has 0 aliphatic carbocycles. The molecule has 2 aromatic carbocycles. The van der Waals surface area contributed by atoms with E-state index in [0.717, 1.165) is 0 Å². The lowest BCUT2D eigenvalue weighted by Crippen LogP contribution is -2.28. The van der Waals surface area contributed by atoms with E-state index >= 15 is 0 Å². The van der Waals surface area contributed by atoms with E-state index in [4.69, 9.17) is 26.8 Å². The van der Waals surface area contributed by atoms with Crippen LogP contribution in [-0.2, 0) is 4.74 Å². The zero-order valence-corrected chi connectivity index (χ0v) is 20.9. The van der Waals surface area contributed by atoms with E-state index in [2.05, 4.69) is 20.6 Å². The predicted octanol–water partition coefficient (Wildman–Crippen LogP) is 4.07. The van der Waals surface area contributed by atoms with Gasteiger partial charge in [0.15, 0.2) is 23.0 Å². The number of anilines is 2. The summed E-state index contributed by atoms with van der Waals surface area (Å²) in [5.41, 5.74) is 8.19. The fourth-order valence-corrected chi connectivity index (χ4v) is 3.74. The van der Waals surface area contributed by atoms with Crippen molar-refractivity contribution < 1.29 is 18.7 Å². The molecule has 36 heavy (non-hydrogen) atoms. The molecule has 0 radical (unpaired) electrons. The molecule has 4 aromatic rings. The third kappa shape index (κ3) is 6.03. The molecule has 4 rings (SSSR count). The fraction of sp³-hybridized carbons (Fsp3) is 0.208. The molecular formula is C24H25Cl2FN6O3. The average molecular weight is 535 g/mol. The third-order valence-corrected chi connectivity index (χ3v) is 5.46. The Morgan fingerprint density at radius 1 is 1.19 bits per heavy atom. The van der Waals surface area contributed by atoms with Crippen molar-refractivity contribution in [1.82, 2.24) is 19.7 Å². The molecule has 0 spiro atoms. The summed E-state index contributed by atoms with van der Waals surface area (Å²) in [5, 5.41) is 6.21. The number of nitrogens with zero attached hydrogens (tertiary/aromatic N) is 3. The van der Waals surface area contributed by atoms with Gasteiger partial charge in [0.25, 0.3) is 5.91 Å². The number of nitrogens with one attached hydrogen (secondary N) is 2. The Morgan fingerprint density at radius 2 is 2.03 bits per heavy atom. The van der Waals surface area contributed by atoms with E-state index < -0.39 is 5.82 Å². The van der Waals surface area contributed by atoms with Crippen LogP contribution >= 0.6 is 24.0 Å². The number of benzene rings is 2. The van der Waals surface area contributed by atoms with Crippen LogP contribution in [0.5, 0.6) is 5.75 Å². The molecular weight excluding hydrogens is 510 g/mol. The maximum atomic E-state index is 14.2. The van der Waals surface area contributed by atoms with E-state index in [-0.39, 0.29) is 29.1 Å². The highest BCUT2D eigenvalue weighted by Gasteiger charge is 2.14. The normalized spacial score (nSPS) is 10.7. The van der Waals surface area contributed by atoms with Crippen LogP contribution in [0, 0.1) is 5.82 Å². The second-order valence-corrected chi connectivity index (χ2v) is 7.85. The van der Waals surface area contributed by atoms with E-state index in [0.29, 0.717) is 60.3 Å². The second-order valence-electron chi connectivity index (χ2n) is 7.44. The van der Waals surface area contributed by atoms with E-state index in [1.54, 1.807) is 53.3 Å². The van der Waals surface area contributed by atoms with Gasteiger partial charge in [-0.05, 0) is 36.4 Å². The third-order valence-electron chi connectivity index (χ3n) is 5.15. The van der Waals surface area contributed by atoms with Crippen LogP contribution in [0.3, 0.4) is 0 Å². The van der Waals surface area contributed by atoms with E-state index in [9.17, 15) is 9.18 Å². The van der Waals surface area contributed by atoms with Crippen molar-refractivity contribution in [3.05, 3.63) is 71.4 Å². The number of hydrogen-bond acceptors (Lipinski definition) is 7. The molecule has 0 saturated carbocycles. The van der Waals surface area contributed by atoms with Crippen molar-refractivity contribution >= 4 is 47.1 Å².